The first-order valence-electron chi connectivity index (χ1n) is 6.03. The molecule has 0 aliphatic carbocycles. The van der Waals surface area contributed by atoms with Gasteiger partial charge < -0.3 is 14.4 Å². The van der Waals surface area contributed by atoms with Crippen molar-refractivity contribution in [2.45, 2.75) is 26.1 Å². The number of carbonyl (C=O) groups is 1. The number of methoxy groups -OCH3 is 1. The van der Waals surface area contributed by atoms with Gasteiger partial charge in [0.2, 0.25) is 5.88 Å². The number of aromatic nitrogens is 1. The topological polar surface area (TPSA) is 51.7 Å². The molecule has 5 heteroatoms. The number of pyridine rings is 1. The van der Waals surface area contributed by atoms with Gasteiger partial charge in [-0.15, -0.1) is 0 Å². The molecule has 18 heavy (non-hydrogen) atoms. The van der Waals surface area contributed by atoms with Gasteiger partial charge in [-0.25, -0.2) is 4.98 Å². The normalized spacial score (nSPS) is 23.8. The molecule has 1 aliphatic heterocycles. The molecule has 1 aliphatic rings. The molecule has 1 fully saturated rings. The highest BCUT2D eigenvalue weighted by atomic mass is 16.5. The minimum absolute atomic E-state index is 0.146. The number of ether oxygens (including phenoxy) is 2. The monoisotopic (exact) mass is 250 g/mol. The lowest BCUT2D eigenvalue weighted by Gasteiger charge is -2.37. The van der Waals surface area contributed by atoms with Crippen LogP contribution in [0, 0.1) is 0 Å². The van der Waals surface area contributed by atoms with Gasteiger partial charge in [0.25, 0.3) is 0 Å². The smallest absolute Gasteiger partial charge is 0.215 e. The molecule has 0 unspecified atom stereocenters. The Morgan fingerprint density at radius 2 is 2.11 bits per heavy atom. The van der Waals surface area contributed by atoms with Gasteiger partial charge in [-0.1, -0.05) is 0 Å². The number of rotatable bonds is 3. The third kappa shape index (κ3) is 2.61. The predicted octanol–water partition coefficient (Wildman–Crippen LogP) is 1.52. The van der Waals surface area contributed by atoms with Crippen LogP contribution in [0.3, 0.4) is 0 Å². The molecule has 98 valence electrons. The van der Waals surface area contributed by atoms with Crippen LogP contribution < -0.4 is 9.64 Å². The van der Waals surface area contributed by atoms with Gasteiger partial charge >= 0.3 is 0 Å². The number of hydrogen-bond acceptors (Lipinski definition) is 5. The zero-order valence-electron chi connectivity index (χ0n) is 10.9. The number of morpholine rings is 1. The molecule has 0 bridgehead atoms. The van der Waals surface area contributed by atoms with E-state index in [-0.39, 0.29) is 12.2 Å². The van der Waals surface area contributed by atoms with E-state index in [1.807, 2.05) is 13.8 Å². The van der Waals surface area contributed by atoms with Crippen LogP contribution in [0.15, 0.2) is 12.3 Å². The van der Waals surface area contributed by atoms with Gasteiger partial charge in [-0.05, 0) is 13.8 Å². The van der Waals surface area contributed by atoms with E-state index in [1.165, 1.54) is 0 Å². The summed E-state index contributed by atoms with van der Waals surface area (Å²) in [6, 6.07) is 1.80. The Morgan fingerprint density at radius 3 is 2.67 bits per heavy atom. The molecule has 0 amide bonds. The maximum atomic E-state index is 11.1. The molecule has 2 heterocycles. The average Bonchev–Trinajstić information content (AvgIpc) is 2.36. The average molecular weight is 250 g/mol. The van der Waals surface area contributed by atoms with Crippen LogP contribution in [0.5, 0.6) is 5.88 Å². The molecular weight excluding hydrogens is 232 g/mol. The maximum Gasteiger partial charge on any atom is 0.215 e. The largest absolute Gasteiger partial charge is 0.481 e. The third-order valence-corrected chi connectivity index (χ3v) is 2.98. The summed E-state index contributed by atoms with van der Waals surface area (Å²) in [6.07, 6.45) is 2.67. The number of nitrogens with zero attached hydrogens (tertiary/aromatic N) is 2. The molecule has 5 nitrogen and oxygen atoms in total. The van der Waals surface area contributed by atoms with Gasteiger partial charge in [0.05, 0.1) is 30.6 Å². The lowest BCUT2D eigenvalue weighted by molar-refractivity contribution is -0.00527. The second kappa shape index (κ2) is 5.35. The van der Waals surface area contributed by atoms with Crippen molar-refractivity contribution in [3.63, 3.8) is 0 Å². The van der Waals surface area contributed by atoms with Crippen LogP contribution >= 0.6 is 0 Å². The highest BCUT2D eigenvalue weighted by Gasteiger charge is 2.24. The van der Waals surface area contributed by atoms with Gasteiger partial charge in [-0.3, -0.25) is 4.79 Å². The van der Waals surface area contributed by atoms with Crippen molar-refractivity contribution >= 4 is 12.0 Å². The van der Waals surface area contributed by atoms with E-state index in [0.29, 0.717) is 11.4 Å². The summed E-state index contributed by atoms with van der Waals surface area (Å²) in [4.78, 5) is 17.3. The number of anilines is 1. The van der Waals surface area contributed by atoms with Crippen molar-refractivity contribution in [1.29, 1.82) is 0 Å². The van der Waals surface area contributed by atoms with Crippen molar-refractivity contribution in [2.24, 2.45) is 0 Å². The van der Waals surface area contributed by atoms with E-state index in [2.05, 4.69) is 9.88 Å². The van der Waals surface area contributed by atoms with E-state index in [0.717, 1.165) is 25.1 Å². The van der Waals surface area contributed by atoms with Crippen molar-refractivity contribution in [1.82, 2.24) is 4.98 Å². The van der Waals surface area contributed by atoms with Gasteiger partial charge in [0.1, 0.15) is 0 Å². The molecular formula is C13H18N2O3. The Balaban J connectivity index is 2.32. The molecule has 0 radical (unpaired) electrons. The molecule has 0 aromatic carbocycles. The first-order valence-corrected chi connectivity index (χ1v) is 6.03. The molecule has 1 saturated heterocycles. The molecule has 2 rings (SSSR count). The van der Waals surface area contributed by atoms with Crippen molar-refractivity contribution in [2.75, 3.05) is 25.1 Å². The highest BCUT2D eigenvalue weighted by molar-refractivity contribution is 5.84. The maximum absolute atomic E-state index is 11.1. The van der Waals surface area contributed by atoms with Crippen molar-refractivity contribution < 1.29 is 14.3 Å². The summed E-state index contributed by atoms with van der Waals surface area (Å²) in [5, 5.41) is 0. The zero-order valence-corrected chi connectivity index (χ0v) is 10.9. The Kier molecular flexibility index (Phi) is 3.81. The standard InChI is InChI=1S/C13H18N2O3/c1-9-6-15(7-10(2)18-9)12-4-13(17-3)14-5-11(12)8-16/h4-5,8-10H,6-7H2,1-3H3/t9-,10+. The molecule has 1 aromatic heterocycles. The van der Waals surface area contributed by atoms with Crippen LogP contribution in [0.25, 0.3) is 0 Å². The van der Waals surface area contributed by atoms with Crippen LogP contribution in [0.4, 0.5) is 5.69 Å². The van der Waals surface area contributed by atoms with Crippen LogP contribution in [-0.4, -0.2) is 43.7 Å². The Labute approximate surface area is 107 Å². The van der Waals surface area contributed by atoms with Gasteiger partial charge in [0.15, 0.2) is 6.29 Å². The Morgan fingerprint density at radius 1 is 1.44 bits per heavy atom. The summed E-state index contributed by atoms with van der Waals surface area (Å²) >= 11 is 0. The van der Waals surface area contributed by atoms with Crippen molar-refractivity contribution in [3.05, 3.63) is 17.8 Å². The lowest BCUT2D eigenvalue weighted by atomic mass is 10.1. The summed E-state index contributed by atoms with van der Waals surface area (Å²) in [6.45, 7) is 5.58. The summed E-state index contributed by atoms with van der Waals surface area (Å²) in [5.41, 5.74) is 1.44. The van der Waals surface area contributed by atoms with Gasteiger partial charge in [0, 0.05) is 25.4 Å². The van der Waals surface area contributed by atoms with E-state index >= 15 is 0 Å². The van der Waals surface area contributed by atoms with Gasteiger partial charge in [-0.2, -0.15) is 0 Å². The number of carbonyl (C=O) groups excluding carboxylic acids is 1. The van der Waals surface area contributed by atoms with E-state index in [9.17, 15) is 4.79 Å². The molecule has 2 atom stereocenters. The fourth-order valence-corrected chi connectivity index (χ4v) is 2.29. The quantitative estimate of drug-likeness (QED) is 0.761. The second-order valence-electron chi connectivity index (χ2n) is 4.57. The second-order valence-corrected chi connectivity index (χ2v) is 4.57. The fourth-order valence-electron chi connectivity index (χ4n) is 2.29. The van der Waals surface area contributed by atoms with Crippen LogP contribution in [0.1, 0.15) is 24.2 Å². The zero-order chi connectivity index (χ0) is 13.1. The van der Waals surface area contributed by atoms with E-state index < -0.39 is 0 Å². The van der Waals surface area contributed by atoms with E-state index in [4.69, 9.17) is 9.47 Å². The number of hydrogen-bond donors (Lipinski definition) is 0. The minimum atomic E-state index is 0.146. The highest BCUT2D eigenvalue weighted by Crippen LogP contribution is 2.26. The molecule has 0 saturated carbocycles. The summed E-state index contributed by atoms with van der Waals surface area (Å²) < 4.78 is 10.8. The first-order chi connectivity index (χ1) is 8.63. The molecule has 1 aromatic rings. The summed E-state index contributed by atoms with van der Waals surface area (Å²) in [7, 11) is 1.57. The minimum Gasteiger partial charge on any atom is -0.481 e. The van der Waals surface area contributed by atoms with Crippen LogP contribution in [0.2, 0.25) is 0 Å². The summed E-state index contributed by atoms with van der Waals surface area (Å²) in [5.74, 6) is 0.516. The Hall–Kier alpha value is -1.62. The van der Waals surface area contributed by atoms with E-state index in [1.54, 1.807) is 19.4 Å². The number of aldehydes is 1. The third-order valence-electron chi connectivity index (χ3n) is 2.98. The first kappa shape index (κ1) is 12.8. The fraction of sp³-hybridized carbons (Fsp3) is 0.538. The molecule has 0 spiro atoms. The molecule has 0 N–H and O–H groups in total. The predicted molar refractivity (Wildman–Crippen MR) is 68.4 cm³/mol. The SMILES string of the molecule is COc1cc(N2C[C@@H](C)O[C@@H](C)C2)c(C=O)cn1. The van der Waals surface area contributed by atoms with Crippen molar-refractivity contribution in [3.8, 4) is 5.88 Å². The lowest BCUT2D eigenvalue weighted by Crippen LogP contribution is -2.45. The Bertz CT molecular complexity index is 426. The van der Waals surface area contributed by atoms with Crippen LogP contribution in [-0.2, 0) is 4.74 Å².